The van der Waals surface area contributed by atoms with E-state index in [0.717, 1.165) is 0 Å². The summed E-state index contributed by atoms with van der Waals surface area (Å²) in [6.07, 6.45) is 0. The van der Waals surface area contributed by atoms with Crippen molar-refractivity contribution in [1.82, 2.24) is 4.90 Å². The lowest BCUT2D eigenvalue weighted by Gasteiger charge is -2.21. The lowest BCUT2D eigenvalue weighted by molar-refractivity contribution is -0.0499. The Hall–Kier alpha value is -3.03. The molecular weight excluding hydrogens is 360 g/mol. The Labute approximate surface area is 156 Å². The second-order valence-corrected chi connectivity index (χ2v) is 5.56. The van der Waals surface area contributed by atoms with E-state index in [4.69, 9.17) is 14.2 Å². The van der Waals surface area contributed by atoms with E-state index < -0.39 is 6.61 Å². The van der Waals surface area contributed by atoms with E-state index in [1.54, 1.807) is 19.2 Å². The van der Waals surface area contributed by atoms with Gasteiger partial charge in [-0.15, -0.1) is 0 Å². The molecule has 2 aromatic rings. The minimum Gasteiger partial charge on any atom is -0.493 e. The number of hydrogen-bond acceptors (Lipinski definition) is 5. The van der Waals surface area contributed by atoms with Gasteiger partial charge < -0.3 is 23.8 Å². The first-order valence-electron chi connectivity index (χ1n) is 7.99. The van der Waals surface area contributed by atoms with Crippen LogP contribution in [0, 0.1) is 0 Å². The predicted octanol–water partition coefficient (Wildman–Crippen LogP) is 3.59. The third kappa shape index (κ3) is 4.78. The number of ether oxygens (including phenoxy) is 4. The standard InChI is InChI=1S/C19H21F2NO5/c1-22(18(23)12-6-5-7-14(10-12)27-19(20)21)11-13-8-9-15(24-2)17(26-4)16(13)25-3/h5-10,19H,11H2,1-4H3. The normalized spacial score (nSPS) is 10.5. The summed E-state index contributed by atoms with van der Waals surface area (Å²) in [5.41, 5.74) is 0.932. The summed E-state index contributed by atoms with van der Waals surface area (Å²) in [7, 11) is 6.10. The molecule has 0 N–H and O–H groups in total. The molecule has 0 bridgehead atoms. The zero-order valence-corrected chi connectivity index (χ0v) is 15.5. The van der Waals surface area contributed by atoms with Crippen LogP contribution in [0.25, 0.3) is 0 Å². The number of rotatable bonds is 8. The van der Waals surface area contributed by atoms with Gasteiger partial charge >= 0.3 is 6.61 Å². The molecule has 146 valence electrons. The van der Waals surface area contributed by atoms with E-state index in [0.29, 0.717) is 22.8 Å². The number of carbonyl (C=O) groups excluding carboxylic acids is 1. The molecule has 0 unspecified atom stereocenters. The van der Waals surface area contributed by atoms with Crippen molar-refractivity contribution in [2.45, 2.75) is 13.2 Å². The summed E-state index contributed by atoms with van der Waals surface area (Å²) in [5, 5.41) is 0. The molecule has 2 aromatic carbocycles. The molecule has 0 aliphatic carbocycles. The average molecular weight is 381 g/mol. The lowest BCUT2D eigenvalue weighted by atomic mass is 10.1. The molecule has 0 aromatic heterocycles. The van der Waals surface area contributed by atoms with Crippen molar-refractivity contribution in [3.8, 4) is 23.0 Å². The van der Waals surface area contributed by atoms with Crippen LogP contribution in [0.3, 0.4) is 0 Å². The number of benzene rings is 2. The van der Waals surface area contributed by atoms with Gasteiger partial charge in [-0.05, 0) is 30.3 Å². The Morgan fingerprint density at radius 3 is 2.33 bits per heavy atom. The molecule has 6 nitrogen and oxygen atoms in total. The molecule has 0 fully saturated rings. The molecule has 0 saturated carbocycles. The first-order chi connectivity index (χ1) is 12.9. The first-order valence-corrected chi connectivity index (χ1v) is 7.99. The number of halogens is 2. The highest BCUT2D eigenvalue weighted by atomic mass is 19.3. The van der Waals surface area contributed by atoms with Crippen molar-refractivity contribution >= 4 is 5.91 Å². The Bertz CT molecular complexity index is 798. The van der Waals surface area contributed by atoms with Gasteiger partial charge in [0, 0.05) is 24.7 Å². The van der Waals surface area contributed by atoms with E-state index in [-0.39, 0.29) is 23.8 Å². The summed E-state index contributed by atoms with van der Waals surface area (Å²) in [6, 6.07) is 9.13. The van der Waals surface area contributed by atoms with Crippen LogP contribution in [-0.2, 0) is 6.54 Å². The maximum absolute atomic E-state index is 12.7. The van der Waals surface area contributed by atoms with Crippen LogP contribution in [0.4, 0.5) is 8.78 Å². The largest absolute Gasteiger partial charge is 0.493 e. The fourth-order valence-electron chi connectivity index (χ4n) is 2.64. The number of amides is 1. The molecule has 8 heteroatoms. The Balaban J connectivity index is 2.24. The van der Waals surface area contributed by atoms with E-state index in [2.05, 4.69) is 4.74 Å². The highest BCUT2D eigenvalue weighted by Crippen LogP contribution is 2.40. The van der Waals surface area contributed by atoms with Gasteiger partial charge in [-0.25, -0.2) is 0 Å². The van der Waals surface area contributed by atoms with Crippen molar-refractivity contribution in [1.29, 1.82) is 0 Å². The van der Waals surface area contributed by atoms with Crippen LogP contribution in [0.15, 0.2) is 36.4 Å². The molecule has 0 spiro atoms. The minimum atomic E-state index is -2.95. The van der Waals surface area contributed by atoms with Crippen LogP contribution < -0.4 is 18.9 Å². The maximum Gasteiger partial charge on any atom is 0.387 e. The number of carbonyl (C=O) groups is 1. The van der Waals surface area contributed by atoms with Gasteiger partial charge in [0.2, 0.25) is 5.75 Å². The molecule has 0 atom stereocenters. The van der Waals surface area contributed by atoms with E-state index >= 15 is 0 Å². The van der Waals surface area contributed by atoms with E-state index in [9.17, 15) is 13.6 Å². The molecule has 0 radical (unpaired) electrons. The molecule has 0 aliphatic heterocycles. The van der Waals surface area contributed by atoms with Crippen LogP contribution in [0.2, 0.25) is 0 Å². The molecule has 1 amide bonds. The molecule has 0 heterocycles. The SMILES string of the molecule is COc1ccc(CN(C)C(=O)c2cccc(OC(F)F)c2)c(OC)c1OC. The van der Waals surface area contributed by atoms with Gasteiger partial charge in [0.15, 0.2) is 11.5 Å². The van der Waals surface area contributed by atoms with Gasteiger partial charge in [-0.2, -0.15) is 8.78 Å². The summed E-state index contributed by atoms with van der Waals surface area (Å²) >= 11 is 0. The zero-order chi connectivity index (χ0) is 20.0. The van der Waals surface area contributed by atoms with Gasteiger partial charge in [0.1, 0.15) is 5.75 Å². The van der Waals surface area contributed by atoms with Crippen molar-refractivity contribution in [2.24, 2.45) is 0 Å². The van der Waals surface area contributed by atoms with E-state index in [1.807, 2.05) is 0 Å². The fraction of sp³-hybridized carbons (Fsp3) is 0.316. The molecule has 0 aliphatic rings. The maximum atomic E-state index is 12.7. The Kier molecular flexibility index (Phi) is 6.81. The van der Waals surface area contributed by atoms with Gasteiger partial charge in [-0.1, -0.05) is 6.07 Å². The highest BCUT2D eigenvalue weighted by molar-refractivity contribution is 5.94. The monoisotopic (exact) mass is 381 g/mol. The lowest BCUT2D eigenvalue weighted by Crippen LogP contribution is -2.26. The number of hydrogen-bond donors (Lipinski definition) is 0. The average Bonchev–Trinajstić information content (AvgIpc) is 2.66. The van der Waals surface area contributed by atoms with E-state index in [1.165, 1.54) is 50.5 Å². The van der Waals surface area contributed by atoms with Crippen molar-refractivity contribution in [3.63, 3.8) is 0 Å². The number of methoxy groups -OCH3 is 3. The summed E-state index contributed by atoms with van der Waals surface area (Å²) in [6.45, 7) is -2.74. The van der Waals surface area contributed by atoms with Crippen molar-refractivity contribution in [2.75, 3.05) is 28.4 Å². The Morgan fingerprint density at radius 2 is 1.74 bits per heavy atom. The van der Waals surface area contributed by atoms with Crippen LogP contribution in [0.1, 0.15) is 15.9 Å². The van der Waals surface area contributed by atoms with Gasteiger partial charge in [-0.3, -0.25) is 4.79 Å². The molecule has 2 rings (SSSR count). The fourth-order valence-corrected chi connectivity index (χ4v) is 2.64. The highest BCUT2D eigenvalue weighted by Gasteiger charge is 2.20. The number of alkyl halides is 2. The summed E-state index contributed by atoms with van der Waals surface area (Å²) in [4.78, 5) is 14.1. The van der Waals surface area contributed by atoms with Gasteiger partial charge in [0.05, 0.1) is 21.3 Å². The first kappa shape index (κ1) is 20.3. The molecule has 27 heavy (non-hydrogen) atoms. The topological polar surface area (TPSA) is 57.2 Å². The minimum absolute atomic E-state index is 0.0760. The van der Waals surface area contributed by atoms with Crippen LogP contribution in [0.5, 0.6) is 23.0 Å². The summed E-state index contributed by atoms with van der Waals surface area (Å²) in [5.74, 6) is 0.945. The van der Waals surface area contributed by atoms with Gasteiger partial charge in [0.25, 0.3) is 5.91 Å². The second kappa shape index (κ2) is 9.07. The van der Waals surface area contributed by atoms with Crippen molar-refractivity contribution < 1.29 is 32.5 Å². The quantitative estimate of drug-likeness (QED) is 0.700. The third-order valence-electron chi connectivity index (χ3n) is 3.85. The molecule has 0 saturated heterocycles. The number of nitrogens with zero attached hydrogens (tertiary/aromatic N) is 1. The van der Waals surface area contributed by atoms with Crippen LogP contribution >= 0.6 is 0 Å². The zero-order valence-electron chi connectivity index (χ0n) is 15.5. The Morgan fingerprint density at radius 1 is 1.04 bits per heavy atom. The smallest absolute Gasteiger partial charge is 0.387 e. The second-order valence-electron chi connectivity index (χ2n) is 5.56. The van der Waals surface area contributed by atoms with Crippen molar-refractivity contribution in [3.05, 3.63) is 47.5 Å². The predicted molar refractivity (Wildman–Crippen MR) is 95.0 cm³/mol. The van der Waals surface area contributed by atoms with Crippen LogP contribution in [-0.4, -0.2) is 45.8 Å². The third-order valence-corrected chi connectivity index (χ3v) is 3.85. The summed E-state index contributed by atoms with van der Waals surface area (Å²) < 4.78 is 45.1. The molecular formula is C19H21F2NO5.